The smallest absolute Gasteiger partial charge is 0.225 e. The van der Waals surface area contributed by atoms with Gasteiger partial charge >= 0.3 is 0 Å². The number of para-hydroxylation sites is 1. The fourth-order valence-corrected chi connectivity index (χ4v) is 5.71. The minimum absolute atomic E-state index is 0.181. The van der Waals surface area contributed by atoms with Crippen molar-refractivity contribution in [1.29, 1.82) is 0 Å². The van der Waals surface area contributed by atoms with E-state index in [0.29, 0.717) is 12.3 Å². The van der Waals surface area contributed by atoms with Crippen LogP contribution in [-0.2, 0) is 9.59 Å². The maximum Gasteiger partial charge on any atom is 0.225 e. The molecule has 1 aliphatic carbocycles. The van der Waals surface area contributed by atoms with E-state index in [2.05, 4.69) is 11.0 Å². The Morgan fingerprint density at radius 1 is 1.10 bits per heavy atom. The molecule has 0 N–H and O–H groups in total. The Morgan fingerprint density at radius 3 is 2.43 bits per heavy atom. The van der Waals surface area contributed by atoms with Gasteiger partial charge in [-0.25, -0.2) is 0 Å². The highest BCUT2D eigenvalue weighted by atomic mass is 16.5. The first-order valence-corrected chi connectivity index (χ1v) is 11.9. The van der Waals surface area contributed by atoms with Crippen LogP contribution in [0.25, 0.3) is 0 Å². The summed E-state index contributed by atoms with van der Waals surface area (Å²) in [5, 5.41) is 0. The molecule has 0 aromatic heterocycles. The van der Waals surface area contributed by atoms with E-state index >= 15 is 0 Å². The number of carbonyl (C=O) groups excluding carboxylic acids is 2. The molecule has 5 heteroatoms. The first-order valence-electron chi connectivity index (χ1n) is 11.9. The van der Waals surface area contributed by atoms with Gasteiger partial charge in [-0.1, -0.05) is 31.0 Å². The summed E-state index contributed by atoms with van der Waals surface area (Å²) < 4.78 is 6.58. The van der Waals surface area contributed by atoms with Crippen LogP contribution in [0.2, 0.25) is 0 Å². The lowest BCUT2D eigenvalue weighted by molar-refractivity contribution is -0.139. The van der Waals surface area contributed by atoms with Gasteiger partial charge < -0.3 is 14.5 Å². The van der Waals surface area contributed by atoms with Gasteiger partial charge in [0.15, 0.2) is 0 Å². The van der Waals surface area contributed by atoms with Crippen LogP contribution in [0, 0.1) is 5.92 Å². The van der Waals surface area contributed by atoms with Gasteiger partial charge in [0.1, 0.15) is 11.4 Å². The molecule has 1 saturated heterocycles. The second-order valence-corrected chi connectivity index (χ2v) is 9.30. The highest BCUT2D eigenvalue weighted by Gasteiger charge is 2.45. The molecule has 1 aromatic rings. The zero-order valence-corrected chi connectivity index (χ0v) is 18.6. The molecule has 1 spiro atoms. The molecular formula is C25H36N2O3. The molecule has 30 heavy (non-hydrogen) atoms. The van der Waals surface area contributed by atoms with Crippen LogP contribution in [0.15, 0.2) is 24.3 Å². The topological polar surface area (TPSA) is 49.9 Å². The Labute approximate surface area is 180 Å². The number of nitrogens with zero attached hydrogens (tertiary/aromatic N) is 2. The Morgan fingerprint density at radius 2 is 1.77 bits per heavy atom. The molecule has 1 atom stereocenters. The zero-order chi connectivity index (χ0) is 21.1. The number of amides is 2. The van der Waals surface area contributed by atoms with Gasteiger partial charge in [-0.3, -0.25) is 9.59 Å². The van der Waals surface area contributed by atoms with Crippen LogP contribution in [0.5, 0.6) is 5.75 Å². The molecule has 1 unspecified atom stereocenters. The number of benzene rings is 1. The Bertz CT molecular complexity index is 759. The summed E-state index contributed by atoms with van der Waals surface area (Å²) in [4.78, 5) is 29.7. The van der Waals surface area contributed by atoms with E-state index in [1.807, 2.05) is 36.9 Å². The number of fused-ring (bicyclic) bond motifs is 1. The Hall–Kier alpha value is -2.04. The van der Waals surface area contributed by atoms with Crippen LogP contribution >= 0.6 is 0 Å². The van der Waals surface area contributed by atoms with Crippen molar-refractivity contribution in [3.8, 4) is 5.75 Å². The summed E-state index contributed by atoms with van der Waals surface area (Å²) in [6.07, 6.45) is 7.61. The molecular weight excluding hydrogens is 376 g/mol. The van der Waals surface area contributed by atoms with Gasteiger partial charge in [-0.15, -0.1) is 0 Å². The number of hydrogen-bond donors (Lipinski definition) is 0. The molecule has 3 aliphatic rings. The predicted octanol–water partition coefficient (Wildman–Crippen LogP) is 4.36. The van der Waals surface area contributed by atoms with Crippen LogP contribution in [0.4, 0.5) is 0 Å². The van der Waals surface area contributed by atoms with E-state index in [1.165, 1.54) is 12.8 Å². The van der Waals surface area contributed by atoms with Crippen molar-refractivity contribution < 1.29 is 14.3 Å². The van der Waals surface area contributed by atoms with E-state index in [1.54, 1.807) is 0 Å². The van der Waals surface area contributed by atoms with Crippen molar-refractivity contribution in [2.24, 2.45) is 5.92 Å². The maximum atomic E-state index is 12.9. The number of likely N-dealkylation sites (tertiary alicyclic amines) is 1. The quantitative estimate of drug-likeness (QED) is 0.722. The SMILES string of the molecule is CCN(CC)C(=O)CC1CC2(CCN(C(=O)C3CCCC3)CC2)Oc2ccccc21. The van der Waals surface area contributed by atoms with Crippen LogP contribution in [-0.4, -0.2) is 53.4 Å². The average Bonchev–Trinajstić information content (AvgIpc) is 3.30. The lowest BCUT2D eigenvalue weighted by atomic mass is 9.76. The van der Waals surface area contributed by atoms with Crippen LogP contribution in [0.3, 0.4) is 0 Å². The first-order chi connectivity index (χ1) is 14.5. The fourth-order valence-electron chi connectivity index (χ4n) is 5.71. The number of rotatable bonds is 5. The maximum absolute atomic E-state index is 12.9. The molecule has 4 rings (SSSR count). The molecule has 1 aromatic carbocycles. The van der Waals surface area contributed by atoms with Crippen molar-refractivity contribution in [3.05, 3.63) is 29.8 Å². The lowest BCUT2D eigenvalue weighted by Gasteiger charge is -2.47. The highest BCUT2D eigenvalue weighted by Crippen LogP contribution is 2.47. The summed E-state index contributed by atoms with van der Waals surface area (Å²) in [7, 11) is 0. The average molecular weight is 413 g/mol. The second-order valence-electron chi connectivity index (χ2n) is 9.30. The number of piperidine rings is 1. The minimum atomic E-state index is -0.255. The summed E-state index contributed by atoms with van der Waals surface area (Å²) >= 11 is 0. The van der Waals surface area contributed by atoms with Gasteiger partial charge in [-0.05, 0) is 44.7 Å². The van der Waals surface area contributed by atoms with Crippen LogP contribution < -0.4 is 4.74 Å². The predicted molar refractivity (Wildman–Crippen MR) is 117 cm³/mol. The fraction of sp³-hybridized carbons (Fsp3) is 0.680. The molecule has 0 radical (unpaired) electrons. The number of hydrogen-bond acceptors (Lipinski definition) is 3. The first kappa shape index (κ1) is 21.2. The second kappa shape index (κ2) is 8.99. The molecule has 0 bridgehead atoms. The van der Waals surface area contributed by atoms with Gasteiger partial charge in [0.25, 0.3) is 0 Å². The normalized spacial score (nSPS) is 23.1. The van der Waals surface area contributed by atoms with E-state index in [-0.39, 0.29) is 23.3 Å². The van der Waals surface area contributed by atoms with Crippen molar-refractivity contribution in [2.45, 2.75) is 76.7 Å². The third-order valence-corrected chi connectivity index (χ3v) is 7.53. The summed E-state index contributed by atoms with van der Waals surface area (Å²) in [5.41, 5.74) is 0.905. The zero-order valence-electron chi connectivity index (χ0n) is 18.6. The minimum Gasteiger partial charge on any atom is -0.487 e. The van der Waals surface area contributed by atoms with E-state index in [9.17, 15) is 9.59 Å². The molecule has 2 amide bonds. The van der Waals surface area contributed by atoms with Gasteiger partial charge in [-0.2, -0.15) is 0 Å². The van der Waals surface area contributed by atoms with Crippen molar-refractivity contribution in [1.82, 2.24) is 9.80 Å². The number of ether oxygens (including phenoxy) is 1. The summed E-state index contributed by atoms with van der Waals surface area (Å²) in [6, 6.07) is 8.21. The van der Waals surface area contributed by atoms with E-state index in [4.69, 9.17) is 4.74 Å². The third-order valence-electron chi connectivity index (χ3n) is 7.53. The standard InChI is InChI=1S/C25H36N2O3/c1-3-26(4-2)23(28)17-20-18-25(30-22-12-8-7-11-21(20)22)13-15-27(16-14-25)24(29)19-9-5-6-10-19/h7-8,11-12,19-20H,3-6,9-10,13-18H2,1-2H3. The molecule has 2 heterocycles. The Kier molecular flexibility index (Phi) is 6.35. The van der Waals surface area contributed by atoms with Crippen molar-refractivity contribution in [3.63, 3.8) is 0 Å². The van der Waals surface area contributed by atoms with E-state index < -0.39 is 0 Å². The van der Waals surface area contributed by atoms with Gasteiger partial charge in [0.2, 0.25) is 11.8 Å². The monoisotopic (exact) mass is 412 g/mol. The molecule has 2 fully saturated rings. The van der Waals surface area contributed by atoms with Crippen molar-refractivity contribution >= 4 is 11.8 Å². The van der Waals surface area contributed by atoms with Crippen LogP contribution in [0.1, 0.15) is 76.7 Å². The lowest BCUT2D eigenvalue weighted by Crippen LogP contribution is -2.52. The van der Waals surface area contributed by atoms with Gasteiger partial charge in [0.05, 0.1) is 0 Å². The highest BCUT2D eigenvalue weighted by molar-refractivity contribution is 5.79. The third kappa shape index (κ3) is 4.21. The summed E-state index contributed by atoms with van der Waals surface area (Å²) in [5.74, 6) is 1.93. The largest absolute Gasteiger partial charge is 0.487 e. The molecule has 5 nitrogen and oxygen atoms in total. The van der Waals surface area contributed by atoms with Crippen molar-refractivity contribution in [2.75, 3.05) is 26.2 Å². The number of carbonyl (C=O) groups is 2. The van der Waals surface area contributed by atoms with E-state index in [0.717, 1.165) is 69.6 Å². The molecule has 2 aliphatic heterocycles. The summed E-state index contributed by atoms with van der Waals surface area (Å²) in [6.45, 7) is 7.13. The Balaban J connectivity index is 1.47. The molecule has 1 saturated carbocycles. The van der Waals surface area contributed by atoms with Gasteiger partial charge in [0, 0.05) is 57.3 Å². The molecule has 164 valence electrons.